The number of nitrogens with one attached hydrogen (secondary N) is 1. The third-order valence-corrected chi connectivity index (χ3v) is 2.98. The van der Waals surface area contributed by atoms with Crippen molar-refractivity contribution < 1.29 is 9.90 Å². The van der Waals surface area contributed by atoms with Crippen molar-refractivity contribution in [3.63, 3.8) is 0 Å². The minimum atomic E-state index is -0.265. The summed E-state index contributed by atoms with van der Waals surface area (Å²) in [7, 11) is 0. The van der Waals surface area contributed by atoms with E-state index in [1.165, 1.54) is 6.07 Å². The van der Waals surface area contributed by atoms with E-state index >= 15 is 0 Å². The van der Waals surface area contributed by atoms with Crippen LogP contribution in [0.1, 0.15) is 15.9 Å². The van der Waals surface area contributed by atoms with Gasteiger partial charge in [0.2, 0.25) is 0 Å². The molecule has 0 saturated carbocycles. The first-order chi connectivity index (χ1) is 9.10. The lowest BCUT2D eigenvalue weighted by Crippen LogP contribution is -2.12. The summed E-state index contributed by atoms with van der Waals surface area (Å²) in [6.07, 6.45) is 0. The average molecular weight is 277 g/mol. The lowest BCUT2D eigenvalue weighted by molar-refractivity contribution is 0.102. The quantitative estimate of drug-likeness (QED) is 0.755. The smallest absolute Gasteiger partial charge is 0.255 e. The van der Waals surface area contributed by atoms with Crippen LogP contribution in [0.4, 0.5) is 11.4 Å². The van der Waals surface area contributed by atoms with E-state index < -0.39 is 0 Å². The van der Waals surface area contributed by atoms with E-state index in [9.17, 15) is 4.79 Å². The third-order valence-electron chi connectivity index (χ3n) is 2.66. The molecule has 0 bridgehead atoms. The average Bonchev–Trinajstić information content (AvgIpc) is 2.42. The fourth-order valence-corrected chi connectivity index (χ4v) is 1.75. The molecule has 0 unspecified atom stereocenters. The van der Waals surface area contributed by atoms with Crippen molar-refractivity contribution in [1.82, 2.24) is 0 Å². The van der Waals surface area contributed by atoms with Gasteiger partial charge in [0, 0.05) is 11.3 Å². The zero-order chi connectivity index (χ0) is 13.8. The normalized spacial score (nSPS) is 10.2. The topological polar surface area (TPSA) is 75.4 Å². The molecule has 0 saturated heterocycles. The van der Waals surface area contributed by atoms with Gasteiger partial charge in [0.15, 0.2) is 0 Å². The number of aliphatic hydroxyl groups is 1. The summed E-state index contributed by atoms with van der Waals surface area (Å²) >= 11 is 5.87. The summed E-state index contributed by atoms with van der Waals surface area (Å²) in [5.41, 5.74) is 7.89. The van der Waals surface area contributed by atoms with Crippen LogP contribution >= 0.6 is 11.6 Å². The Morgan fingerprint density at radius 2 is 1.89 bits per heavy atom. The SMILES string of the molecule is Nc1ccc(C(=O)Nc2ccc(CO)cc2)cc1Cl. The number of carbonyl (C=O) groups is 1. The molecule has 2 aromatic rings. The minimum absolute atomic E-state index is 0.0260. The van der Waals surface area contributed by atoms with E-state index in [-0.39, 0.29) is 12.5 Å². The van der Waals surface area contributed by atoms with E-state index in [2.05, 4.69) is 5.32 Å². The summed E-state index contributed by atoms with van der Waals surface area (Å²) < 4.78 is 0. The fraction of sp³-hybridized carbons (Fsp3) is 0.0714. The summed E-state index contributed by atoms with van der Waals surface area (Å²) in [6, 6.07) is 11.7. The lowest BCUT2D eigenvalue weighted by Gasteiger charge is -2.07. The maximum absolute atomic E-state index is 12.0. The highest BCUT2D eigenvalue weighted by atomic mass is 35.5. The Morgan fingerprint density at radius 1 is 1.21 bits per heavy atom. The Labute approximate surface area is 115 Å². The van der Waals surface area contributed by atoms with Gasteiger partial charge >= 0.3 is 0 Å². The van der Waals surface area contributed by atoms with Crippen LogP contribution in [-0.2, 0) is 6.61 Å². The maximum atomic E-state index is 12.0. The van der Waals surface area contributed by atoms with Gasteiger partial charge in [-0.05, 0) is 35.9 Å². The number of halogens is 1. The number of carbonyl (C=O) groups excluding carboxylic acids is 1. The van der Waals surface area contributed by atoms with Gasteiger partial charge in [-0.15, -0.1) is 0 Å². The number of nitrogens with two attached hydrogens (primary N) is 1. The standard InChI is InChI=1S/C14H13ClN2O2/c15-12-7-10(3-6-13(12)16)14(19)17-11-4-1-9(8-18)2-5-11/h1-7,18H,8,16H2,(H,17,19). The molecule has 98 valence electrons. The van der Waals surface area contributed by atoms with Crippen LogP contribution in [0.2, 0.25) is 5.02 Å². The second kappa shape index (κ2) is 5.73. The molecule has 0 fully saturated rings. The molecule has 0 aliphatic rings. The number of hydrogen-bond donors (Lipinski definition) is 3. The third kappa shape index (κ3) is 3.24. The Hall–Kier alpha value is -2.04. The molecule has 1 amide bonds. The zero-order valence-corrected chi connectivity index (χ0v) is 10.8. The summed E-state index contributed by atoms with van der Waals surface area (Å²) in [5, 5.41) is 12.0. The van der Waals surface area contributed by atoms with Crippen molar-refractivity contribution in [3.8, 4) is 0 Å². The van der Waals surface area contributed by atoms with Gasteiger partial charge in [0.05, 0.1) is 17.3 Å². The highest BCUT2D eigenvalue weighted by Crippen LogP contribution is 2.20. The van der Waals surface area contributed by atoms with Gasteiger partial charge in [-0.2, -0.15) is 0 Å². The van der Waals surface area contributed by atoms with Crippen LogP contribution in [0.15, 0.2) is 42.5 Å². The molecule has 4 nitrogen and oxygen atoms in total. The zero-order valence-electron chi connectivity index (χ0n) is 10.1. The minimum Gasteiger partial charge on any atom is -0.398 e. The molecule has 19 heavy (non-hydrogen) atoms. The van der Waals surface area contributed by atoms with Gasteiger partial charge in [0.1, 0.15) is 0 Å². The van der Waals surface area contributed by atoms with E-state index in [1.807, 2.05) is 0 Å². The van der Waals surface area contributed by atoms with Crippen LogP contribution in [0.25, 0.3) is 0 Å². The van der Waals surface area contributed by atoms with Crippen molar-refractivity contribution in [2.75, 3.05) is 11.1 Å². The number of anilines is 2. The molecule has 0 heterocycles. The van der Waals surface area contributed by atoms with Gasteiger partial charge in [-0.25, -0.2) is 0 Å². The number of aliphatic hydroxyl groups excluding tert-OH is 1. The van der Waals surface area contributed by atoms with Crippen molar-refractivity contribution in [3.05, 3.63) is 58.6 Å². The van der Waals surface area contributed by atoms with Crippen molar-refractivity contribution >= 4 is 28.9 Å². The van der Waals surface area contributed by atoms with Gasteiger partial charge < -0.3 is 16.2 Å². The molecule has 0 aromatic heterocycles. The molecular weight excluding hydrogens is 264 g/mol. The van der Waals surface area contributed by atoms with Crippen LogP contribution < -0.4 is 11.1 Å². The monoisotopic (exact) mass is 276 g/mol. The Bertz CT molecular complexity index is 597. The molecule has 2 rings (SSSR count). The van der Waals surface area contributed by atoms with Crippen LogP contribution in [0.5, 0.6) is 0 Å². The maximum Gasteiger partial charge on any atom is 0.255 e. The van der Waals surface area contributed by atoms with Crippen molar-refractivity contribution in [2.24, 2.45) is 0 Å². The molecule has 0 radical (unpaired) electrons. The summed E-state index contributed by atoms with van der Waals surface area (Å²) in [5.74, 6) is -0.265. The Balaban J connectivity index is 2.13. The van der Waals surface area contributed by atoms with Gasteiger partial charge in [-0.1, -0.05) is 23.7 Å². The number of hydrogen-bond acceptors (Lipinski definition) is 3. The number of rotatable bonds is 3. The predicted octanol–water partition coefficient (Wildman–Crippen LogP) is 2.67. The molecule has 0 atom stereocenters. The van der Waals surface area contributed by atoms with Crippen LogP contribution in [-0.4, -0.2) is 11.0 Å². The molecule has 0 spiro atoms. The first-order valence-electron chi connectivity index (χ1n) is 5.66. The van der Waals surface area contributed by atoms with Crippen LogP contribution in [0.3, 0.4) is 0 Å². The van der Waals surface area contributed by atoms with Crippen molar-refractivity contribution in [2.45, 2.75) is 6.61 Å². The van der Waals surface area contributed by atoms with E-state index in [0.29, 0.717) is 22.0 Å². The predicted molar refractivity (Wildman–Crippen MR) is 76.2 cm³/mol. The van der Waals surface area contributed by atoms with Gasteiger partial charge in [-0.3, -0.25) is 4.79 Å². The number of amides is 1. The van der Waals surface area contributed by atoms with Gasteiger partial charge in [0.25, 0.3) is 5.91 Å². The largest absolute Gasteiger partial charge is 0.398 e. The summed E-state index contributed by atoms with van der Waals surface area (Å²) in [4.78, 5) is 12.0. The molecular formula is C14H13ClN2O2. The highest BCUT2D eigenvalue weighted by Gasteiger charge is 2.08. The molecule has 2 aromatic carbocycles. The second-order valence-corrected chi connectivity index (χ2v) is 4.45. The number of nitrogen functional groups attached to an aromatic ring is 1. The number of benzene rings is 2. The lowest BCUT2D eigenvalue weighted by atomic mass is 10.1. The first-order valence-corrected chi connectivity index (χ1v) is 6.04. The Kier molecular flexibility index (Phi) is 4.04. The molecule has 0 aliphatic carbocycles. The Morgan fingerprint density at radius 3 is 2.47 bits per heavy atom. The first kappa shape index (κ1) is 13.4. The molecule has 0 aliphatic heterocycles. The summed E-state index contributed by atoms with van der Waals surface area (Å²) in [6.45, 7) is -0.0260. The van der Waals surface area contributed by atoms with E-state index in [4.69, 9.17) is 22.4 Å². The second-order valence-electron chi connectivity index (χ2n) is 4.05. The van der Waals surface area contributed by atoms with Crippen LogP contribution in [0, 0.1) is 0 Å². The van der Waals surface area contributed by atoms with E-state index in [1.54, 1.807) is 36.4 Å². The molecule has 4 N–H and O–H groups in total. The van der Waals surface area contributed by atoms with Crippen molar-refractivity contribution in [1.29, 1.82) is 0 Å². The molecule has 5 heteroatoms. The van der Waals surface area contributed by atoms with E-state index in [0.717, 1.165) is 5.56 Å². The fourth-order valence-electron chi connectivity index (χ4n) is 1.57. The highest BCUT2D eigenvalue weighted by molar-refractivity contribution is 6.33.